The van der Waals surface area contributed by atoms with Crippen molar-refractivity contribution in [1.29, 1.82) is 0 Å². The number of fused-ring (bicyclic) bond motifs is 1. The number of H-pyrrole nitrogens is 2. The van der Waals surface area contributed by atoms with Crippen LogP contribution in [-0.2, 0) is 6.54 Å². The highest BCUT2D eigenvalue weighted by atomic mass is 16.1. The molecule has 5 heteroatoms. The number of pyridine rings is 1. The lowest BCUT2D eigenvalue weighted by atomic mass is 10.1. The van der Waals surface area contributed by atoms with Crippen LogP contribution >= 0.6 is 0 Å². The van der Waals surface area contributed by atoms with Gasteiger partial charge in [0.05, 0.1) is 5.69 Å². The van der Waals surface area contributed by atoms with E-state index < -0.39 is 0 Å². The minimum absolute atomic E-state index is 0.0493. The first-order valence-electron chi connectivity index (χ1n) is 8.01. The van der Waals surface area contributed by atoms with Crippen molar-refractivity contribution in [2.45, 2.75) is 6.54 Å². The van der Waals surface area contributed by atoms with Crippen LogP contribution in [0.2, 0.25) is 0 Å². The Balaban J connectivity index is 1.41. The summed E-state index contributed by atoms with van der Waals surface area (Å²) in [5.74, 6) is 0. The molecule has 1 aliphatic rings. The number of nitrogens with zero attached hydrogens (tertiary/aromatic N) is 2. The molecule has 0 aliphatic carbocycles. The van der Waals surface area contributed by atoms with Crippen molar-refractivity contribution in [2.75, 3.05) is 31.1 Å². The highest BCUT2D eigenvalue weighted by Crippen LogP contribution is 2.21. The van der Waals surface area contributed by atoms with Gasteiger partial charge in [-0.2, -0.15) is 0 Å². The summed E-state index contributed by atoms with van der Waals surface area (Å²) in [6, 6.07) is 11.9. The van der Waals surface area contributed by atoms with Gasteiger partial charge in [0.2, 0.25) is 5.56 Å². The quantitative estimate of drug-likeness (QED) is 0.780. The van der Waals surface area contributed by atoms with E-state index in [0.29, 0.717) is 0 Å². The highest BCUT2D eigenvalue weighted by Gasteiger charge is 2.18. The molecule has 1 saturated heterocycles. The standard InChI is InChI=1S/C18H20N4O/c23-18-6-5-15(12-20-18)22-9-7-21(8-10-22)13-14-11-19-17-4-2-1-3-16(14)17/h1-6,11-12,19H,7-10,13H2,(H,20,23). The van der Waals surface area contributed by atoms with Crippen molar-refractivity contribution >= 4 is 16.6 Å². The minimum Gasteiger partial charge on any atom is -0.368 e. The average molecular weight is 308 g/mol. The van der Waals surface area contributed by atoms with Crippen molar-refractivity contribution in [3.05, 3.63) is 64.7 Å². The van der Waals surface area contributed by atoms with Crippen molar-refractivity contribution in [3.8, 4) is 0 Å². The molecule has 2 aromatic heterocycles. The second kappa shape index (κ2) is 5.93. The fraction of sp³-hybridized carbons (Fsp3) is 0.278. The number of aromatic amines is 2. The number of nitrogens with one attached hydrogen (secondary N) is 2. The summed E-state index contributed by atoms with van der Waals surface area (Å²) in [5, 5.41) is 1.32. The maximum Gasteiger partial charge on any atom is 0.248 e. The number of aromatic nitrogens is 2. The first kappa shape index (κ1) is 14.1. The van der Waals surface area contributed by atoms with E-state index in [1.165, 1.54) is 16.5 Å². The number of hydrogen-bond acceptors (Lipinski definition) is 3. The molecule has 3 aromatic rings. The Labute approximate surface area is 134 Å². The normalized spacial score (nSPS) is 16.1. The van der Waals surface area contributed by atoms with Gasteiger partial charge < -0.3 is 14.9 Å². The second-order valence-electron chi connectivity index (χ2n) is 6.03. The molecule has 23 heavy (non-hydrogen) atoms. The third-order valence-electron chi connectivity index (χ3n) is 4.57. The number of benzene rings is 1. The SMILES string of the molecule is O=c1ccc(N2CCN(Cc3c[nH]c4ccccc34)CC2)c[nH]1. The topological polar surface area (TPSA) is 55.1 Å². The molecular formula is C18H20N4O. The van der Waals surface area contributed by atoms with Crippen LogP contribution in [0.1, 0.15) is 5.56 Å². The molecule has 2 N–H and O–H groups in total. The van der Waals surface area contributed by atoms with E-state index in [0.717, 1.165) is 38.4 Å². The zero-order valence-electron chi connectivity index (χ0n) is 13.0. The van der Waals surface area contributed by atoms with Gasteiger partial charge in [-0.25, -0.2) is 0 Å². The number of rotatable bonds is 3. The lowest BCUT2D eigenvalue weighted by Crippen LogP contribution is -2.46. The Morgan fingerprint density at radius 3 is 2.52 bits per heavy atom. The maximum absolute atomic E-state index is 11.2. The molecule has 0 saturated carbocycles. The van der Waals surface area contributed by atoms with Gasteiger partial charge in [0.1, 0.15) is 0 Å². The number of hydrogen-bond donors (Lipinski definition) is 2. The zero-order valence-corrected chi connectivity index (χ0v) is 13.0. The van der Waals surface area contributed by atoms with Crippen molar-refractivity contribution in [1.82, 2.24) is 14.9 Å². The van der Waals surface area contributed by atoms with E-state index in [1.54, 1.807) is 12.3 Å². The lowest BCUT2D eigenvalue weighted by molar-refractivity contribution is 0.250. The Hall–Kier alpha value is -2.53. The second-order valence-corrected chi connectivity index (χ2v) is 6.03. The van der Waals surface area contributed by atoms with Crippen molar-refractivity contribution in [3.63, 3.8) is 0 Å². The van der Waals surface area contributed by atoms with Gasteiger partial charge in [0.25, 0.3) is 0 Å². The van der Waals surface area contributed by atoms with Crippen LogP contribution in [0.5, 0.6) is 0 Å². The van der Waals surface area contributed by atoms with Crippen LogP contribution < -0.4 is 10.5 Å². The monoisotopic (exact) mass is 308 g/mol. The average Bonchev–Trinajstić information content (AvgIpc) is 3.00. The van der Waals surface area contributed by atoms with E-state index in [9.17, 15) is 4.79 Å². The number of anilines is 1. The van der Waals surface area contributed by atoms with Gasteiger partial charge in [-0.1, -0.05) is 18.2 Å². The summed E-state index contributed by atoms with van der Waals surface area (Å²) in [6.45, 7) is 4.99. The Kier molecular flexibility index (Phi) is 3.63. The predicted octanol–water partition coefficient (Wildman–Crippen LogP) is 2.18. The van der Waals surface area contributed by atoms with Crippen LogP contribution in [0.3, 0.4) is 0 Å². The lowest BCUT2D eigenvalue weighted by Gasteiger charge is -2.35. The summed E-state index contributed by atoms with van der Waals surface area (Å²) >= 11 is 0. The van der Waals surface area contributed by atoms with E-state index in [2.05, 4.69) is 50.2 Å². The van der Waals surface area contributed by atoms with Crippen LogP contribution in [0.25, 0.3) is 10.9 Å². The van der Waals surface area contributed by atoms with Crippen molar-refractivity contribution in [2.24, 2.45) is 0 Å². The van der Waals surface area contributed by atoms with Crippen LogP contribution in [0.4, 0.5) is 5.69 Å². The molecule has 3 heterocycles. The van der Waals surface area contributed by atoms with Crippen molar-refractivity contribution < 1.29 is 0 Å². The van der Waals surface area contributed by atoms with Crippen LogP contribution in [-0.4, -0.2) is 41.0 Å². The van der Waals surface area contributed by atoms with Gasteiger partial charge in [-0.15, -0.1) is 0 Å². The molecular weight excluding hydrogens is 288 g/mol. The van der Waals surface area contributed by atoms with Gasteiger partial charge in [0, 0.05) is 62.1 Å². The summed E-state index contributed by atoms with van der Waals surface area (Å²) < 4.78 is 0. The van der Waals surface area contributed by atoms with E-state index >= 15 is 0 Å². The van der Waals surface area contributed by atoms with Crippen LogP contribution in [0, 0.1) is 0 Å². The van der Waals surface area contributed by atoms with E-state index in [1.807, 2.05) is 6.07 Å². The number of piperazine rings is 1. The van der Waals surface area contributed by atoms with E-state index in [-0.39, 0.29) is 5.56 Å². The first-order valence-corrected chi connectivity index (χ1v) is 8.01. The summed E-state index contributed by atoms with van der Waals surface area (Å²) in [6.07, 6.45) is 3.93. The molecule has 5 nitrogen and oxygen atoms in total. The Morgan fingerprint density at radius 2 is 1.74 bits per heavy atom. The van der Waals surface area contributed by atoms with Crippen LogP contribution in [0.15, 0.2) is 53.6 Å². The molecule has 1 aromatic carbocycles. The molecule has 0 spiro atoms. The fourth-order valence-corrected chi connectivity index (χ4v) is 3.27. The largest absolute Gasteiger partial charge is 0.368 e. The van der Waals surface area contributed by atoms with Gasteiger partial charge in [-0.05, 0) is 17.7 Å². The Morgan fingerprint density at radius 1 is 0.913 bits per heavy atom. The molecule has 0 radical (unpaired) electrons. The van der Waals surface area contributed by atoms with Gasteiger partial charge >= 0.3 is 0 Å². The smallest absolute Gasteiger partial charge is 0.248 e. The summed E-state index contributed by atoms with van der Waals surface area (Å²) in [7, 11) is 0. The molecule has 1 fully saturated rings. The number of para-hydroxylation sites is 1. The predicted molar refractivity (Wildman–Crippen MR) is 92.9 cm³/mol. The zero-order chi connectivity index (χ0) is 15.6. The molecule has 0 unspecified atom stereocenters. The third-order valence-corrected chi connectivity index (χ3v) is 4.57. The maximum atomic E-state index is 11.2. The Bertz CT molecular complexity index is 838. The molecule has 1 aliphatic heterocycles. The molecule has 4 rings (SSSR count). The molecule has 0 amide bonds. The minimum atomic E-state index is -0.0493. The third kappa shape index (κ3) is 2.87. The molecule has 0 bridgehead atoms. The van der Waals surface area contributed by atoms with Gasteiger partial charge in [-0.3, -0.25) is 9.69 Å². The van der Waals surface area contributed by atoms with E-state index in [4.69, 9.17) is 0 Å². The summed E-state index contributed by atoms with van der Waals surface area (Å²) in [4.78, 5) is 22.1. The highest BCUT2D eigenvalue weighted by molar-refractivity contribution is 5.82. The fourth-order valence-electron chi connectivity index (χ4n) is 3.27. The first-order chi connectivity index (χ1) is 11.3. The summed E-state index contributed by atoms with van der Waals surface area (Å²) in [5.41, 5.74) is 3.61. The van der Waals surface area contributed by atoms with Gasteiger partial charge in [0.15, 0.2) is 0 Å². The molecule has 0 atom stereocenters. The molecule has 118 valence electrons.